The van der Waals surface area contributed by atoms with E-state index in [1.807, 2.05) is 24.3 Å². The van der Waals surface area contributed by atoms with E-state index in [9.17, 15) is 4.79 Å². The Morgan fingerprint density at radius 1 is 1.07 bits per heavy atom. The molecule has 2 aromatic carbocycles. The van der Waals surface area contributed by atoms with Gasteiger partial charge in [-0.3, -0.25) is 9.89 Å². The summed E-state index contributed by atoms with van der Waals surface area (Å²) in [6.45, 7) is 4.18. The van der Waals surface area contributed by atoms with Gasteiger partial charge in [0.25, 0.3) is 5.91 Å². The lowest BCUT2D eigenvalue weighted by Crippen LogP contribution is -2.25. The average molecular weight is 446 g/mol. The van der Waals surface area contributed by atoms with Gasteiger partial charge in [-0.25, -0.2) is 0 Å². The molecule has 1 amide bonds. The highest BCUT2D eigenvalue weighted by Crippen LogP contribution is 2.31. The van der Waals surface area contributed by atoms with Crippen LogP contribution in [0.25, 0.3) is 22.5 Å². The maximum atomic E-state index is 12.3. The minimum atomic E-state index is -0.0919. The molecule has 7 heteroatoms. The van der Waals surface area contributed by atoms with Gasteiger partial charge in [-0.1, -0.05) is 48.7 Å². The van der Waals surface area contributed by atoms with Crippen molar-refractivity contribution in [3.8, 4) is 22.5 Å². The molecule has 0 aliphatic carbocycles. The van der Waals surface area contributed by atoms with Crippen LogP contribution in [0.4, 0.5) is 0 Å². The van der Waals surface area contributed by atoms with Gasteiger partial charge in [0.15, 0.2) is 0 Å². The molecule has 0 saturated heterocycles. The molecule has 0 bridgehead atoms. The number of nitrogens with zero attached hydrogens (tertiary/aromatic N) is 1. The SMILES string of the molecule is CCCCOCCCNC(=O)c1ccc(-c2cc(-c3ccc(Cl)cc3Cl)[nH]n2)cc1. The first-order valence-corrected chi connectivity index (χ1v) is 10.8. The normalized spacial score (nSPS) is 10.9. The number of nitrogens with one attached hydrogen (secondary N) is 2. The summed E-state index contributed by atoms with van der Waals surface area (Å²) in [6, 6.07) is 14.6. The third-order valence-corrected chi connectivity index (χ3v) is 5.18. The summed E-state index contributed by atoms with van der Waals surface area (Å²) in [4.78, 5) is 12.3. The fraction of sp³-hybridized carbons (Fsp3) is 0.304. The van der Waals surface area contributed by atoms with E-state index < -0.39 is 0 Å². The largest absolute Gasteiger partial charge is 0.381 e. The van der Waals surface area contributed by atoms with E-state index in [-0.39, 0.29) is 5.91 Å². The summed E-state index contributed by atoms with van der Waals surface area (Å²) in [5.74, 6) is -0.0919. The monoisotopic (exact) mass is 445 g/mol. The Morgan fingerprint density at radius 3 is 2.57 bits per heavy atom. The molecule has 0 atom stereocenters. The smallest absolute Gasteiger partial charge is 0.251 e. The number of hydrogen-bond acceptors (Lipinski definition) is 3. The molecule has 2 N–H and O–H groups in total. The second kappa shape index (κ2) is 11.2. The topological polar surface area (TPSA) is 67.0 Å². The van der Waals surface area contributed by atoms with Gasteiger partial charge in [0, 0.05) is 41.5 Å². The summed E-state index contributed by atoms with van der Waals surface area (Å²) < 4.78 is 5.50. The number of hydrogen-bond donors (Lipinski definition) is 2. The first-order chi connectivity index (χ1) is 14.6. The zero-order valence-electron chi connectivity index (χ0n) is 16.9. The number of benzene rings is 2. The van der Waals surface area contributed by atoms with Gasteiger partial charge in [-0.15, -0.1) is 0 Å². The summed E-state index contributed by atoms with van der Waals surface area (Å²) >= 11 is 12.2. The highest BCUT2D eigenvalue weighted by atomic mass is 35.5. The highest BCUT2D eigenvalue weighted by molar-refractivity contribution is 6.36. The van der Waals surface area contributed by atoms with E-state index in [1.165, 1.54) is 0 Å². The Bertz CT molecular complexity index is 971. The van der Waals surface area contributed by atoms with Crippen LogP contribution in [0.2, 0.25) is 10.0 Å². The van der Waals surface area contributed by atoms with Gasteiger partial charge in [0.2, 0.25) is 0 Å². The second-order valence-corrected chi connectivity index (χ2v) is 7.79. The molecule has 30 heavy (non-hydrogen) atoms. The molecule has 5 nitrogen and oxygen atoms in total. The molecular weight excluding hydrogens is 421 g/mol. The molecule has 3 rings (SSSR count). The third-order valence-electron chi connectivity index (χ3n) is 4.64. The minimum Gasteiger partial charge on any atom is -0.381 e. The Balaban J connectivity index is 1.55. The zero-order valence-corrected chi connectivity index (χ0v) is 18.4. The number of rotatable bonds is 10. The maximum Gasteiger partial charge on any atom is 0.251 e. The predicted molar refractivity (Wildman–Crippen MR) is 122 cm³/mol. The lowest BCUT2D eigenvalue weighted by atomic mass is 10.1. The van der Waals surface area contributed by atoms with Crippen molar-refractivity contribution in [2.75, 3.05) is 19.8 Å². The molecule has 1 aromatic heterocycles. The molecular formula is C23H25Cl2N3O2. The number of aromatic nitrogens is 2. The molecule has 0 radical (unpaired) electrons. The molecule has 158 valence electrons. The number of carbonyl (C=O) groups excluding carboxylic acids is 1. The van der Waals surface area contributed by atoms with Crippen molar-refractivity contribution < 1.29 is 9.53 Å². The average Bonchev–Trinajstić information content (AvgIpc) is 3.23. The minimum absolute atomic E-state index is 0.0919. The zero-order chi connectivity index (χ0) is 21.3. The van der Waals surface area contributed by atoms with Crippen LogP contribution in [-0.4, -0.2) is 35.9 Å². The van der Waals surface area contributed by atoms with Crippen molar-refractivity contribution in [3.63, 3.8) is 0 Å². The van der Waals surface area contributed by atoms with Crippen LogP contribution >= 0.6 is 23.2 Å². The molecule has 0 spiro atoms. The van der Waals surface area contributed by atoms with E-state index in [0.717, 1.165) is 48.4 Å². The van der Waals surface area contributed by atoms with Crippen molar-refractivity contribution in [1.29, 1.82) is 0 Å². The number of carbonyl (C=O) groups is 1. The quantitative estimate of drug-likeness (QED) is 0.376. The fourth-order valence-electron chi connectivity index (χ4n) is 2.93. The van der Waals surface area contributed by atoms with E-state index in [1.54, 1.807) is 24.3 Å². The van der Waals surface area contributed by atoms with E-state index in [4.69, 9.17) is 27.9 Å². The molecule has 0 saturated carbocycles. The summed E-state index contributed by atoms with van der Waals surface area (Å²) in [5, 5.41) is 11.4. The van der Waals surface area contributed by atoms with Crippen LogP contribution in [0.15, 0.2) is 48.5 Å². The van der Waals surface area contributed by atoms with Gasteiger partial charge in [-0.2, -0.15) is 5.10 Å². The molecule has 1 heterocycles. The standard InChI is InChI=1S/C23H25Cl2N3O2/c1-2-3-12-30-13-4-11-26-23(29)17-7-5-16(6-8-17)21-15-22(28-27-21)19-10-9-18(24)14-20(19)25/h5-10,14-15H,2-4,11-13H2,1H3,(H,26,29)(H,27,28). The molecule has 0 aliphatic rings. The van der Waals surface area contributed by atoms with E-state index in [0.29, 0.717) is 28.8 Å². The van der Waals surface area contributed by atoms with Crippen molar-refractivity contribution in [2.45, 2.75) is 26.2 Å². The van der Waals surface area contributed by atoms with Gasteiger partial charge in [0.05, 0.1) is 16.4 Å². The molecule has 0 aliphatic heterocycles. The number of amides is 1. The predicted octanol–water partition coefficient (Wildman–Crippen LogP) is 5.99. The van der Waals surface area contributed by atoms with Crippen molar-refractivity contribution in [1.82, 2.24) is 15.5 Å². The molecule has 3 aromatic rings. The Hall–Kier alpha value is -2.34. The highest BCUT2D eigenvalue weighted by Gasteiger charge is 2.11. The van der Waals surface area contributed by atoms with Crippen LogP contribution < -0.4 is 5.32 Å². The Labute approximate surface area is 186 Å². The van der Waals surface area contributed by atoms with Crippen molar-refractivity contribution in [3.05, 3.63) is 64.1 Å². The van der Waals surface area contributed by atoms with Crippen LogP contribution in [0, 0.1) is 0 Å². The third kappa shape index (κ3) is 6.08. The van der Waals surface area contributed by atoms with Crippen LogP contribution in [0.1, 0.15) is 36.5 Å². The summed E-state index contributed by atoms with van der Waals surface area (Å²) in [5.41, 5.74) is 3.92. The second-order valence-electron chi connectivity index (χ2n) is 6.94. The number of unbranched alkanes of at least 4 members (excludes halogenated alkanes) is 1. The number of halogens is 2. The Morgan fingerprint density at radius 2 is 1.83 bits per heavy atom. The van der Waals surface area contributed by atoms with Gasteiger partial charge in [-0.05, 0) is 49.2 Å². The molecule has 0 fully saturated rings. The Kier molecular flexibility index (Phi) is 8.31. The number of H-pyrrole nitrogens is 1. The van der Waals surface area contributed by atoms with Gasteiger partial charge < -0.3 is 10.1 Å². The lowest BCUT2D eigenvalue weighted by molar-refractivity contribution is 0.0940. The van der Waals surface area contributed by atoms with Gasteiger partial charge >= 0.3 is 0 Å². The first kappa shape index (κ1) is 22.3. The van der Waals surface area contributed by atoms with Crippen LogP contribution in [-0.2, 0) is 4.74 Å². The molecule has 0 unspecified atom stereocenters. The van der Waals surface area contributed by atoms with E-state index in [2.05, 4.69) is 22.4 Å². The number of aromatic amines is 1. The van der Waals surface area contributed by atoms with Crippen LogP contribution in [0.5, 0.6) is 0 Å². The van der Waals surface area contributed by atoms with Crippen LogP contribution in [0.3, 0.4) is 0 Å². The maximum absolute atomic E-state index is 12.3. The van der Waals surface area contributed by atoms with Crippen molar-refractivity contribution >= 4 is 29.1 Å². The lowest BCUT2D eigenvalue weighted by Gasteiger charge is -2.06. The summed E-state index contributed by atoms with van der Waals surface area (Å²) in [7, 11) is 0. The first-order valence-electron chi connectivity index (χ1n) is 10.1. The van der Waals surface area contributed by atoms with Crippen molar-refractivity contribution in [2.24, 2.45) is 0 Å². The van der Waals surface area contributed by atoms with Gasteiger partial charge in [0.1, 0.15) is 0 Å². The van der Waals surface area contributed by atoms with E-state index >= 15 is 0 Å². The summed E-state index contributed by atoms with van der Waals surface area (Å²) in [6.07, 6.45) is 3.00. The number of ether oxygens (including phenoxy) is 1. The fourth-order valence-corrected chi connectivity index (χ4v) is 3.44.